The van der Waals surface area contributed by atoms with Crippen molar-refractivity contribution in [1.29, 1.82) is 0 Å². The Morgan fingerprint density at radius 1 is 1.17 bits per heavy atom. The third-order valence-corrected chi connectivity index (χ3v) is 5.61. The summed E-state index contributed by atoms with van der Waals surface area (Å²) in [5.41, 5.74) is 0.916. The first-order valence-corrected chi connectivity index (χ1v) is 10.3. The molecular formula is C20H29IN4O3S. The summed E-state index contributed by atoms with van der Waals surface area (Å²) in [4.78, 5) is 9.51. The zero-order valence-electron chi connectivity index (χ0n) is 17.1. The summed E-state index contributed by atoms with van der Waals surface area (Å²) >= 11 is 1.78. The molecule has 0 amide bonds. The maximum Gasteiger partial charge on any atom is 0.200 e. The van der Waals surface area contributed by atoms with Crippen LogP contribution in [0.25, 0.3) is 0 Å². The van der Waals surface area contributed by atoms with Gasteiger partial charge in [0.2, 0.25) is 5.75 Å². The largest absolute Gasteiger partial charge is 0.502 e. The third-order valence-electron chi connectivity index (χ3n) is 4.68. The number of halogens is 1. The quantitative estimate of drug-likeness (QED) is 0.338. The van der Waals surface area contributed by atoms with Gasteiger partial charge >= 0.3 is 0 Å². The lowest BCUT2D eigenvalue weighted by Crippen LogP contribution is -2.52. The first-order chi connectivity index (χ1) is 13.7. The SMILES string of the molecule is CCNC(=NCc1cc(OC)c(O)c(OC)c1)N1CCN(c2cccs2)CC1.I. The third kappa shape index (κ3) is 5.81. The molecule has 0 unspecified atom stereocenters. The van der Waals surface area contributed by atoms with E-state index < -0.39 is 0 Å². The van der Waals surface area contributed by atoms with Crippen molar-refractivity contribution in [2.45, 2.75) is 13.5 Å². The monoisotopic (exact) mass is 532 g/mol. The molecule has 1 saturated heterocycles. The lowest BCUT2D eigenvalue weighted by molar-refractivity contribution is 0.339. The molecule has 2 aromatic rings. The van der Waals surface area contributed by atoms with Crippen LogP contribution in [0.15, 0.2) is 34.6 Å². The molecule has 29 heavy (non-hydrogen) atoms. The number of rotatable bonds is 6. The van der Waals surface area contributed by atoms with Crippen molar-refractivity contribution >= 4 is 46.3 Å². The minimum atomic E-state index is 0. The molecule has 0 bridgehead atoms. The molecule has 1 fully saturated rings. The molecule has 1 aliphatic rings. The van der Waals surface area contributed by atoms with Gasteiger partial charge in [0.05, 0.1) is 25.8 Å². The summed E-state index contributed by atoms with van der Waals surface area (Å²) in [5, 5.41) is 16.9. The van der Waals surface area contributed by atoms with Gasteiger partial charge in [-0.2, -0.15) is 0 Å². The lowest BCUT2D eigenvalue weighted by atomic mass is 10.2. The Hall–Kier alpha value is -1.88. The highest BCUT2D eigenvalue weighted by Crippen LogP contribution is 2.37. The van der Waals surface area contributed by atoms with Crippen molar-refractivity contribution in [3.05, 3.63) is 35.2 Å². The number of methoxy groups -OCH3 is 2. The number of benzene rings is 1. The smallest absolute Gasteiger partial charge is 0.200 e. The van der Waals surface area contributed by atoms with E-state index in [0.717, 1.165) is 44.2 Å². The minimum absolute atomic E-state index is 0. The second-order valence-corrected chi connectivity index (χ2v) is 7.37. The van der Waals surface area contributed by atoms with Crippen LogP contribution in [0.3, 0.4) is 0 Å². The summed E-state index contributed by atoms with van der Waals surface area (Å²) < 4.78 is 10.5. The first-order valence-electron chi connectivity index (χ1n) is 9.41. The molecule has 1 aromatic carbocycles. The van der Waals surface area contributed by atoms with Crippen LogP contribution in [0.5, 0.6) is 17.2 Å². The fraction of sp³-hybridized carbons (Fsp3) is 0.450. The summed E-state index contributed by atoms with van der Waals surface area (Å²) in [6.45, 7) is 7.16. The van der Waals surface area contributed by atoms with Crippen LogP contribution in [0.1, 0.15) is 12.5 Å². The molecule has 2 N–H and O–H groups in total. The fourth-order valence-electron chi connectivity index (χ4n) is 3.22. The standard InChI is InChI=1S/C20H28N4O3S.HI/c1-4-21-20(24-9-7-23(8-10-24)18-6-5-11-28-18)22-14-15-12-16(26-2)19(25)17(13-15)27-3;/h5-6,11-13,25H,4,7-10,14H2,1-3H3,(H,21,22);1H. The van der Waals surface area contributed by atoms with Crippen molar-refractivity contribution in [1.82, 2.24) is 10.2 Å². The van der Waals surface area contributed by atoms with E-state index in [-0.39, 0.29) is 29.7 Å². The maximum atomic E-state index is 10.1. The first kappa shape index (κ1) is 23.4. The predicted molar refractivity (Wildman–Crippen MR) is 130 cm³/mol. The fourth-order valence-corrected chi connectivity index (χ4v) is 4.00. The molecule has 0 saturated carbocycles. The highest BCUT2D eigenvalue weighted by molar-refractivity contribution is 14.0. The molecule has 160 valence electrons. The highest BCUT2D eigenvalue weighted by atomic mass is 127. The predicted octanol–water partition coefficient (Wildman–Crippen LogP) is 3.38. The average Bonchev–Trinajstić information content (AvgIpc) is 3.27. The number of nitrogens with one attached hydrogen (secondary N) is 1. The summed E-state index contributed by atoms with van der Waals surface area (Å²) in [5.74, 6) is 1.69. The number of guanidine groups is 1. The zero-order chi connectivity index (χ0) is 19.9. The molecule has 0 radical (unpaired) electrons. The molecule has 9 heteroatoms. The van der Waals surface area contributed by atoms with E-state index in [2.05, 4.69) is 39.6 Å². The molecule has 3 rings (SSSR count). The number of phenols is 1. The van der Waals surface area contributed by atoms with Crippen LogP contribution < -0.4 is 19.7 Å². The topological polar surface area (TPSA) is 69.6 Å². The van der Waals surface area contributed by atoms with Gasteiger partial charge in [-0.05, 0) is 42.1 Å². The van der Waals surface area contributed by atoms with Gasteiger partial charge in [0.25, 0.3) is 0 Å². The van der Waals surface area contributed by atoms with Gasteiger partial charge in [0.1, 0.15) is 0 Å². The molecule has 1 aliphatic heterocycles. The van der Waals surface area contributed by atoms with Crippen LogP contribution in [-0.4, -0.2) is 62.9 Å². The Morgan fingerprint density at radius 2 is 1.83 bits per heavy atom. The van der Waals surface area contributed by atoms with Gasteiger partial charge < -0.3 is 29.7 Å². The number of aliphatic imine (C=N–C) groups is 1. The number of thiophene rings is 1. The van der Waals surface area contributed by atoms with Crippen molar-refractivity contribution in [2.24, 2.45) is 4.99 Å². The molecule has 0 atom stereocenters. The number of aromatic hydroxyl groups is 1. The Balaban J connectivity index is 0.00000300. The van der Waals surface area contributed by atoms with Crippen LogP contribution in [-0.2, 0) is 6.54 Å². The highest BCUT2D eigenvalue weighted by Gasteiger charge is 2.20. The van der Waals surface area contributed by atoms with Crippen molar-refractivity contribution in [2.75, 3.05) is 51.8 Å². The average molecular weight is 532 g/mol. The number of anilines is 1. The Morgan fingerprint density at radius 3 is 2.34 bits per heavy atom. The maximum absolute atomic E-state index is 10.1. The van der Waals surface area contributed by atoms with Gasteiger partial charge in [0, 0.05) is 32.7 Å². The van der Waals surface area contributed by atoms with Crippen molar-refractivity contribution in [3.8, 4) is 17.2 Å². The lowest BCUT2D eigenvalue weighted by Gasteiger charge is -2.37. The van der Waals surface area contributed by atoms with Gasteiger partial charge in [-0.1, -0.05) is 0 Å². The second kappa shape index (κ2) is 11.3. The normalized spacial score (nSPS) is 14.4. The zero-order valence-corrected chi connectivity index (χ0v) is 20.2. The van der Waals surface area contributed by atoms with Crippen LogP contribution in [0.2, 0.25) is 0 Å². The number of phenolic OH excluding ortho intramolecular Hbond substituents is 1. The van der Waals surface area contributed by atoms with Gasteiger partial charge in [0.15, 0.2) is 17.5 Å². The number of piperazine rings is 1. The van der Waals surface area contributed by atoms with Crippen LogP contribution in [0, 0.1) is 0 Å². The van der Waals surface area contributed by atoms with Crippen LogP contribution in [0.4, 0.5) is 5.00 Å². The number of nitrogens with zero attached hydrogens (tertiary/aromatic N) is 3. The van der Waals surface area contributed by atoms with Gasteiger partial charge in [-0.3, -0.25) is 0 Å². The van der Waals surface area contributed by atoms with Crippen molar-refractivity contribution in [3.63, 3.8) is 0 Å². The molecular weight excluding hydrogens is 503 g/mol. The summed E-state index contributed by atoms with van der Waals surface area (Å²) in [6.07, 6.45) is 0. The van der Waals surface area contributed by atoms with E-state index in [9.17, 15) is 5.11 Å². The molecule has 0 spiro atoms. The van der Waals surface area contributed by atoms with E-state index in [0.29, 0.717) is 18.0 Å². The summed E-state index contributed by atoms with van der Waals surface area (Å²) in [7, 11) is 3.05. The number of hydrogen-bond donors (Lipinski definition) is 2. The van der Waals surface area contributed by atoms with Gasteiger partial charge in [-0.15, -0.1) is 35.3 Å². The number of hydrogen-bond acceptors (Lipinski definition) is 6. The number of ether oxygens (including phenoxy) is 2. The van der Waals surface area contributed by atoms with Crippen LogP contribution >= 0.6 is 35.3 Å². The molecule has 7 nitrogen and oxygen atoms in total. The van der Waals surface area contributed by atoms with Gasteiger partial charge in [-0.25, -0.2) is 4.99 Å². The molecule has 0 aliphatic carbocycles. The minimum Gasteiger partial charge on any atom is -0.502 e. The summed E-state index contributed by atoms with van der Waals surface area (Å²) in [6, 6.07) is 7.85. The Kier molecular flexibility index (Phi) is 9.15. The van der Waals surface area contributed by atoms with E-state index in [1.165, 1.54) is 19.2 Å². The van der Waals surface area contributed by atoms with E-state index in [4.69, 9.17) is 14.5 Å². The van der Waals surface area contributed by atoms with E-state index in [1.54, 1.807) is 23.5 Å². The van der Waals surface area contributed by atoms with E-state index >= 15 is 0 Å². The molecule has 1 aromatic heterocycles. The Bertz CT molecular complexity index is 768. The van der Waals surface area contributed by atoms with E-state index in [1.807, 2.05) is 0 Å². The molecule has 2 heterocycles. The Labute approximate surface area is 193 Å². The van der Waals surface area contributed by atoms with Crippen molar-refractivity contribution < 1.29 is 14.6 Å². The second-order valence-electron chi connectivity index (χ2n) is 6.44.